The van der Waals surface area contributed by atoms with E-state index < -0.39 is 5.72 Å². The Bertz CT molecular complexity index is 1150. The number of aliphatic imine (C=N–C) groups is 1. The molecule has 0 bridgehead atoms. The molecule has 0 radical (unpaired) electrons. The zero-order valence-corrected chi connectivity index (χ0v) is 16.0. The van der Waals surface area contributed by atoms with Crippen LogP contribution >= 0.6 is 0 Å². The average Bonchev–Trinajstić information content (AvgIpc) is 2.87. The van der Waals surface area contributed by atoms with Gasteiger partial charge in [0.05, 0.1) is 11.6 Å². The predicted molar refractivity (Wildman–Crippen MR) is 114 cm³/mol. The molecule has 2 aliphatic rings. The molecule has 0 fully saturated rings. The summed E-state index contributed by atoms with van der Waals surface area (Å²) in [5.74, 6) is 0.939. The lowest BCUT2D eigenvalue weighted by atomic mass is 9.77. The van der Waals surface area contributed by atoms with Gasteiger partial charge in [-0.1, -0.05) is 36.4 Å². The fourth-order valence-electron chi connectivity index (χ4n) is 4.56. The maximum Gasteiger partial charge on any atom is 0.229 e. The van der Waals surface area contributed by atoms with Gasteiger partial charge in [-0.25, -0.2) is 0 Å². The highest BCUT2D eigenvalue weighted by Crippen LogP contribution is 2.54. The lowest BCUT2D eigenvalue weighted by Gasteiger charge is -2.46. The maximum atomic E-state index is 9.94. The number of para-hydroxylation sites is 1. The fraction of sp³-hybridized carbons (Fsp3) is 0.208. The molecule has 3 aromatic rings. The summed E-state index contributed by atoms with van der Waals surface area (Å²) in [6.07, 6.45) is 3.81. The molecule has 140 valence electrons. The Labute approximate surface area is 164 Å². The first-order valence-corrected chi connectivity index (χ1v) is 9.46. The van der Waals surface area contributed by atoms with Crippen LogP contribution in [0.25, 0.3) is 10.8 Å². The molecule has 0 amide bonds. The number of rotatable bonds is 2. The fourth-order valence-corrected chi connectivity index (χ4v) is 4.56. The van der Waals surface area contributed by atoms with E-state index in [-0.39, 0.29) is 11.2 Å². The molecular formula is C24H22N2O2. The summed E-state index contributed by atoms with van der Waals surface area (Å²) < 4.78 is 6.74. The molecule has 2 heterocycles. The van der Waals surface area contributed by atoms with Gasteiger partial charge in [-0.05, 0) is 49.1 Å². The van der Waals surface area contributed by atoms with Crippen LogP contribution < -0.4 is 9.64 Å². The van der Waals surface area contributed by atoms with Gasteiger partial charge in [-0.2, -0.15) is 0 Å². The van der Waals surface area contributed by atoms with E-state index in [0.29, 0.717) is 6.54 Å². The van der Waals surface area contributed by atoms with Crippen LogP contribution in [-0.4, -0.2) is 23.6 Å². The van der Waals surface area contributed by atoms with Gasteiger partial charge in [0.2, 0.25) is 5.72 Å². The van der Waals surface area contributed by atoms with Crippen LogP contribution in [0.1, 0.15) is 19.4 Å². The summed E-state index contributed by atoms with van der Waals surface area (Å²) in [6.45, 7) is 8.98. The minimum Gasteiger partial charge on any atom is -0.508 e. The first-order valence-electron chi connectivity index (χ1n) is 9.46. The SMILES string of the molecule is C=CCN1c2ccccc2C(C)(C)C12C=Nc1c(ccc3ccc(O)cc13)O2. The molecule has 5 rings (SSSR count). The maximum absolute atomic E-state index is 9.94. The highest BCUT2D eigenvalue weighted by molar-refractivity contribution is 6.00. The second kappa shape index (κ2) is 5.61. The van der Waals surface area contributed by atoms with Gasteiger partial charge in [-0.15, -0.1) is 6.58 Å². The average molecular weight is 370 g/mol. The number of nitrogens with zero attached hydrogens (tertiary/aromatic N) is 2. The molecule has 1 atom stereocenters. The van der Waals surface area contributed by atoms with Crippen LogP contribution in [0.2, 0.25) is 0 Å². The van der Waals surface area contributed by atoms with Gasteiger partial charge < -0.3 is 14.7 Å². The van der Waals surface area contributed by atoms with E-state index >= 15 is 0 Å². The highest BCUT2D eigenvalue weighted by Gasteiger charge is 2.59. The van der Waals surface area contributed by atoms with E-state index in [1.54, 1.807) is 12.1 Å². The Morgan fingerprint density at radius 3 is 2.75 bits per heavy atom. The third kappa shape index (κ3) is 2.03. The largest absolute Gasteiger partial charge is 0.508 e. The van der Waals surface area contributed by atoms with Gasteiger partial charge in [0.25, 0.3) is 0 Å². The lowest BCUT2D eigenvalue weighted by Crippen LogP contribution is -2.62. The van der Waals surface area contributed by atoms with Crippen LogP contribution in [0.5, 0.6) is 11.5 Å². The van der Waals surface area contributed by atoms with Crippen molar-refractivity contribution in [1.29, 1.82) is 0 Å². The van der Waals surface area contributed by atoms with Crippen molar-refractivity contribution in [3.63, 3.8) is 0 Å². The van der Waals surface area contributed by atoms with Crippen molar-refractivity contribution in [3.8, 4) is 11.5 Å². The summed E-state index contributed by atoms with van der Waals surface area (Å²) >= 11 is 0. The normalized spacial score (nSPS) is 21.4. The molecule has 1 spiro atoms. The van der Waals surface area contributed by atoms with Gasteiger partial charge in [0.1, 0.15) is 17.2 Å². The third-order valence-electron chi connectivity index (χ3n) is 6.05. The highest BCUT2D eigenvalue weighted by atomic mass is 16.5. The second-order valence-electron chi connectivity index (χ2n) is 7.92. The summed E-state index contributed by atoms with van der Waals surface area (Å²) in [6, 6.07) is 17.7. The number of hydrogen-bond donors (Lipinski definition) is 1. The number of aromatic hydroxyl groups is 1. The number of phenols is 1. The number of anilines is 1. The first-order chi connectivity index (χ1) is 13.5. The van der Waals surface area contributed by atoms with Gasteiger partial charge in [0, 0.05) is 17.6 Å². The van der Waals surface area contributed by atoms with Crippen molar-refractivity contribution in [1.82, 2.24) is 0 Å². The third-order valence-corrected chi connectivity index (χ3v) is 6.05. The zero-order chi connectivity index (χ0) is 19.5. The molecule has 3 aromatic carbocycles. The van der Waals surface area contributed by atoms with E-state index in [4.69, 9.17) is 9.73 Å². The van der Waals surface area contributed by atoms with Crippen molar-refractivity contribution >= 4 is 28.4 Å². The summed E-state index contributed by atoms with van der Waals surface area (Å²) in [5, 5.41) is 11.8. The minimum absolute atomic E-state index is 0.221. The van der Waals surface area contributed by atoms with E-state index in [1.165, 1.54) is 5.56 Å². The number of hydrogen-bond acceptors (Lipinski definition) is 4. The molecule has 2 aliphatic heterocycles. The summed E-state index contributed by atoms with van der Waals surface area (Å²) in [4.78, 5) is 7.10. The number of phenolic OH excluding ortho intramolecular Hbond substituents is 1. The summed E-state index contributed by atoms with van der Waals surface area (Å²) in [7, 11) is 0. The second-order valence-corrected chi connectivity index (χ2v) is 7.92. The van der Waals surface area contributed by atoms with E-state index in [0.717, 1.165) is 27.9 Å². The topological polar surface area (TPSA) is 45.1 Å². The molecule has 0 aliphatic carbocycles. The van der Waals surface area contributed by atoms with E-state index in [1.807, 2.05) is 36.6 Å². The molecule has 1 unspecified atom stereocenters. The van der Waals surface area contributed by atoms with Crippen LogP contribution in [0.4, 0.5) is 11.4 Å². The van der Waals surface area contributed by atoms with Crippen LogP contribution in [0.15, 0.2) is 72.2 Å². The standard InChI is InChI=1S/C24H22N2O2/c1-4-13-26-20-8-6-5-7-19(20)23(2,3)24(26)15-25-22-18-14-17(27)11-9-16(18)10-12-21(22)28-24/h4-12,14-15,27H,1,13H2,2-3H3. The lowest BCUT2D eigenvalue weighted by molar-refractivity contribution is 0.0800. The van der Waals surface area contributed by atoms with E-state index in [9.17, 15) is 5.11 Å². The molecule has 4 nitrogen and oxygen atoms in total. The Morgan fingerprint density at radius 2 is 1.93 bits per heavy atom. The quantitative estimate of drug-likeness (QED) is 0.621. The number of fused-ring (bicyclic) bond motifs is 4. The van der Waals surface area contributed by atoms with Crippen molar-refractivity contribution in [2.24, 2.45) is 4.99 Å². The van der Waals surface area contributed by atoms with Crippen LogP contribution in [0, 0.1) is 0 Å². The van der Waals surface area contributed by atoms with Crippen molar-refractivity contribution < 1.29 is 9.84 Å². The Kier molecular flexibility index (Phi) is 3.38. The van der Waals surface area contributed by atoms with Crippen LogP contribution in [0.3, 0.4) is 0 Å². The number of benzene rings is 3. The Hall–Kier alpha value is -3.27. The first kappa shape index (κ1) is 16.9. The molecular weight excluding hydrogens is 348 g/mol. The van der Waals surface area contributed by atoms with Crippen molar-refractivity contribution in [3.05, 3.63) is 72.8 Å². The minimum atomic E-state index is -0.748. The van der Waals surface area contributed by atoms with Gasteiger partial charge in [0.15, 0.2) is 0 Å². The molecule has 4 heteroatoms. The molecule has 0 saturated heterocycles. The van der Waals surface area contributed by atoms with Crippen molar-refractivity contribution in [2.75, 3.05) is 11.4 Å². The number of ether oxygens (including phenoxy) is 1. The van der Waals surface area contributed by atoms with Crippen molar-refractivity contribution in [2.45, 2.75) is 25.0 Å². The molecule has 1 N–H and O–H groups in total. The van der Waals surface area contributed by atoms with E-state index in [2.05, 4.69) is 43.5 Å². The zero-order valence-electron chi connectivity index (χ0n) is 16.0. The Morgan fingerprint density at radius 1 is 1.14 bits per heavy atom. The van der Waals surface area contributed by atoms with Gasteiger partial charge in [-0.3, -0.25) is 4.99 Å². The smallest absolute Gasteiger partial charge is 0.229 e. The molecule has 0 saturated carbocycles. The monoisotopic (exact) mass is 370 g/mol. The van der Waals surface area contributed by atoms with Gasteiger partial charge >= 0.3 is 0 Å². The Balaban J connectivity index is 1.73. The molecule has 0 aromatic heterocycles. The van der Waals surface area contributed by atoms with Crippen LogP contribution in [-0.2, 0) is 5.41 Å². The molecule has 28 heavy (non-hydrogen) atoms. The predicted octanol–water partition coefficient (Wildman–Crippen LogP) is 5.32. The summed E-state index contributed by atoms with van der Waals surface area (Å²) in [5.41, 5.74) is 2.06.